The first-order valence-corrected chi connectivity index (χ1v) is 8.28. The highest BCUT2D eigenvalue weighted by molar-refractivity contribution is 5.89. The van der Waals surface area contributed by atoms with Gasteiger partial charge in [0.25, 0.3) is 0 Å². The number of rotatable bonds is 6. The Morgan fingerprint density at radius 3 is 2.62 bits per heavy atom. The number of carbonyl (C=O) groups is 1. The van der Waals surface area contributed by atoms with E-state index in [0.29, 0.717) is 6.04 Å². The van der Waals surface area contributed by atoms with Gasteiger partial charge < -0.3 is 10.2 Å². The molecular weight excluding hydrogens is 260 g/mol. The summed E-state index contributed by atoms with van der Waals surface area (Å²) in [7, 11) is 0. The van der Waals surface area contributed by atoms with E-state index in [4.69, 9.17) is 0 Å². The van der Waals surface area contributed by atoms with Crippen molar-refractivity contribution in [2.45, 2.75) is 58.9 Å². The number of carbonyl (C=O) groups excluding carboxylic acids is 1. The molecule has 0 saturated carbocycles. The summed E-state index contributed by atoms with van der Waals surface area (Å²) in [6.45, 7) is 8.48. The minimum absolute atomic E-state index is 0.0177. The number of fused-ring (bicyclic) bond motifs is 1. The summed E-state index contributed by atoms with van der Waals surface area (Å²) in [5, 5.41) is 2.97. The Bertz CT molecular complexity index is 478. The van der Waals surface area contributed by atoms with Crippen molar-refractivity contribution in [3.8, 4) is 0 Å². The molecule has 1 aliphatic carbocycles. The van der Waals surface area contributed by atoms with E-state index in [1.165, 1.54) is 43.5 Å². The largest absolute Gasteiger partial charge is 0.326 e. The molecule has 21 heavy (non-hydrogen) atoms. The van der Waals surface area contributed by atoms with Crippen LogP contribution in [-0.2, 0) is 17.6 Å². The van der Waals surface area contributed by atoms with E-state index in [9.17, 15) is 4.79 Å². The average molecular weight is 288 g/mol. The molecule has 3 heteroatoms. The molecule has 116 valence electrons. The second-order valence-electron chi connectivity index (χ2n) is 6.06. The molecule has 0 fully saturated rings. The van der Waals surface area contributed by atoms with Crippen molar-refractivity contribution in [3.63, 3.8) is 0 Å². The summed E-state index contributed by atoms with van der Waals surface area (Å²) >= 11 is 0. The summed E-state index contributed by atoms with van der Waals surface area (Å²) in [6, 6.07) is 6.97. The molecule has 3 nitrogen and oxygen atoms in total. The van der Waals surface area contributed by atoms with Crippen molar-refractivity contribution in [3.05, 3.63) is 29.3 Å². The smallest absolute Gasteiger partial charge is 0.221 e. The number of nitrogens with one attached hydrogen (secondary N) is 1. The highest BCUT2D eigenvalue weighted by atomic mass is 16.1. The first kappa shape index (κ1) is 16.0. The van der Waals surface area contributed by atoms with Gasteiger partial charge in [0.2, 0.25) is 5.91 Å². The summed E-state index contributed by atoms with van der Waals surface area (Å²) in [4.78, 5) is 14.0. The van der Waals surface area contributed by atoms with E-state index in [2.05, 4.69) is 36.2 Å². The van der Waals surface area contributed by atoms with Gasteiger partial charge in [0.1, 0.15) is 0 Å². The molecule has 1 aromatic rings. The van der Waals surface area contributed by atoms with Crippen LogP contribution in [0.4, 0.5) is 5.69 Å². The minimum atomic E-state index is 0.0177. The minimum Gasteiger partial charge on any atom is -0.326 e. The fourth-order valence-electron chi connectivity index (χ4n) is 3.46. The number of nitrogens with zero attached hydrogens (tertiary/aromatic N) is 1. The van der Waals surface area contributed by atoms with Gasteiger partial charge in [-0.1, -0.05) is 26.0 Å². The van der Waals surface area contributed by atoms with Crippen molar-refractivity contribution in [1.82, 2.24) is 4.90 Å². The second-order valence-corrected chi connectivity index (χ2v) is 6.06. The van der Waals surface area contributed by atoms with Crippen LogP contribution in [0, 0.1) is 0 Å². The van der Waals surface area contributed by atoms with Crippen LogP contribution in [0.1, 0.15) is 51.2 Å². The summed E-state index contributed by atoms with van der Waals surface area (Å²) in [5.74, 6) is 0.0177. The predicted octanol–water partition coefficient (Wildman–Crippen LogP) is 3.62. The number of hydrogen-bond acceptors (Lipinski definition) is 2. The number of hydrogen-bond donors (Lipinski definition) is 1. The maximum Gasteiger partial charge on any atom is 0.221 e. The van der Waals surface area contributed by atoms with Gasteiger partial charge in [-0.25, -0.2) is 0 Å². The fourth-order valence-corrected chi connectivity index (χ4v) is 3.46. The van der Waals surface area contributed by atoms with E-state index in [-0.39, 0.29) is 5.91 Å². The van der Waals surface area contributed by atoms with Crippen molar-refractivity contribution in [1.29, 1.82) is 0 Å². The lowest BCUT2D eigenvalue weighted by atomic mass is 9.86. The van der Waals surface area contributed by atoms with Crippen molar-refractivity contribution in [2.24, 2.45) is 0 Å². The molecular formula is C18H28N2O. The standard InChI is InChI=1S/C18H28N2O/c1-4-11-20(12-5-2)16-9-10-17-15(13-16)7-6-8-18(17)19-14(3)21/h6-8,16H,4-5,9-13H2,1-3H3,(H,19,21)/t16-/m0/s1. The number of benzene rings is 1. The summed E-state index contributed by atoms with van der Waals surface area (Å²) in [5.41, 5.74) is 3.77. The predicted molar refractivity (Wildman–Crippen MR) is 88.7 cm³/mol. The first-order valence-electron chi connectivity index (χ1n) is 8.28. The second kappa shape index (κ2) is 7.60. The SMILES string of the molecule is CCCN(CCC)[C@H]1CCc2c(cccc2NC(C)=O)C1. The zero-order chi connectivity index (χ0) is 15.2. The maximum atomic E-state index is 11.3. The highest BCUT2D eigenvalue weighted by Gasteiger charge is 2.24. The van der Waals surface area contributed by atoms with Crippen molar-refractivity contribution >= 4 is 11.6 Å². The van der Waals surface area contributed by atoms with Crippen LogP contribution in [0.5, 0.6) is 0 Å². The molecule has 2 rings (SSSR count). The first-order chi connectivity index (χ1) is 10.2. The highest BCUT2D eigenvalue weighted by Crippen LogP contribution is 2.30. The summed E-state index contributed by atoms with van der Waals surface area (Å²) in [6.07, 6.45) is 5.82. The van der Waals surface area contributed by atoms with E-state index in [1.807, 2.05) is 6.07 Å². The summed E-state index contributed by atoms with van der Waals surface area (Å²) < 4.78 is 0. The van der Waals surface area contributed by atoms with Gasteiger partial charge in [-0.2, -0.15) is 0 Å². The Balaban J connectivity index is 2.14. The van der Waals surface area contributed by atoms with Gasteiger partial charge in [0.15, 0.2) is 0 Å². The van der Waals surface area contributed by atoms with E-state index in [1.54, 1.807) is 6.92 Å². The lowest BCUT2D eigenvalue weighted by Crippen LogP contribution is -2.40. The third kappa shape index (κ3) is 4.07. The van der Waals surface area contributed by atoms with Gasteiger partial charge in [0, 0.05) is 18.7 Å². The lowest BCUT2D eigenvalue weighted by molar-refractivity contribution is -0.114. The molecule has 1 aliphatic rings. The number of anilines is 1. The molecule has 0 saturated heterocycles. The fraction of sp³-hybridized carbons (Fsp3) is 0.611. The normalized spacial score (nSPS) is 17.6. The van der Waals surface area contributed by atoms with Crippen LogP contribution in [-0.4, -0.2) is 29.9 Å². The van der Waals surface area contributed by atoms with Gasteiger partial charge >= 0.3 is 0 Å². The molecule has 0 aliphatic heterocycles. The molecule has 0 heterocycles. The van der Waals surface area contributed by atoms with E-state index < -0.39 is 0 Å². The molecule has 0 bridgehead atoms. The van der Waals surface area contributed by atoms with Crippen LogP contribution in [0.25, 0.3) is 0 Å². The Morgan fingerprint density at radius 1 is 1.29 bits per heavy atom. The van der Waals surface area contributed by atoms with Crippen LogP contribution in [0.2, 0.25) is 0 Å². The monoisotopic (exact) mass is 288 g/mol. The number of amides is 1. The molecule has 0 unspecified atom stereocenters. The van der Waals surface area contributed by atoms with Crippen LogP contribution in [0.15, 0.2) is 18.2 Å². The molecule has 0 aromatic heterocycles. The third-order valence-corrected chi connectivity index (χ3v) is 4.30. The van der Waals surface area contributed by atoms with Gasteiger partial charge in [-0.3, -0.25) is 4.79 Å². The molecule has 1 aromatic carbocycles. The van der Waals surface area contributed by atoms with Crippen LogP contribution >= 0.6 is 0 Å². The molecule has 1 N–H and O–H groups in total. The van der Waals surface area contributed by atoms with Crippen LogP contribution < -0.4 is 5.32 Å². The van der Waals surface area contributed by atoms with Crippen LogP contribution in [0.3, 0.4) is 0 Å². The molecule has 1 amide bonds. The average Bonchev–Trinajstić information content (AvgIpc) is 2.46. The quantitative estimate of drug-likeness (QED) is 0.867. The van der Waals surface area contributed by atoms with Gasteiger partial charge in [-0.15, -0.1) is 0 Å². The third-order valence-electron chi connectivity index (χ3n) is 4.30. The topological polar surface area (TPSA) is 32.3 Å². The Hall–Kier alpha value is -1.35. The molecule has 0 spiro atoms. The maximum absolute atomic E-state index is 11.3. The van der Waals surface area contributed by atoms with E-state index in [0.717, 1.165) is 18.5 Å². The zero-order valence-corrected chi connectivity index (χ0v) is 13.6. The van der Waals surface area contributed by atoms with E-state index >= 15 is 0 Å². The molecule has 1 atom stereocenters. The van der Waals surface area contributed by atoms with Gasteiger partial charge in [0.05, 0.1) is 0 Å². The Morgan fingerprint density at radius 2 is 2.00 bits per heavy atom. The van der Waals surface area contributed by atoms with Gasteiger partial charge in [-0.05, 0) is 62.4 Å². The lowest BCUT2D eigenvalue weighted by Gasteiger charge is -2.35. The van der Waals surface area contributed by atoms with Crippen molar-refractivity contribution in [2.75, 3.05) is 18.4 Å². The zero-order valence-electron chi connectivity index (χ0n) is 13.6. The Kier molecular flexibility index (Phi) is 5.80. The van der Waals surface area contributed by atoms with Crippen molar-refractivity contribution < 1.29 is 4.79 Å². The molecule has 0 radical (unpaired) electrons. The Labute approximate surface area is 128 Å².